The molecule has 2 fully saturated rings. The van der Waals surface area contributed by atoms with Crippen molar-refractivity contribution in [1.29, 1.82) is 0 Å². The van der Waals surface area contributed by atoms with E-state index >= 15 is 0 Å². The van der Waals surface area contributed by atoms with E-state index in [1.165, 1.54) is 76.2 Å². The largest absolute Gasteiger partial charge is 0.415 e. The number of fused-ring (bicyclic) bond motifs is 4. The Balaban J connectivity index is 1.48. The molecule has 0 bridgehead atoms. The first-order chi connectivity index (χ1) is 15.3. The van der Waals surface area contributed by atoms with E-state index in [1.807, 2.05) is 11.1 Å². The second-order valence-electron chi connectivity index (χ2n) is 14.4. The first-order valence-corrected chi connectivity index (χ1v) is 17.8. The highest BCUT2D eigenvalue weighted by atomic mass is 28.4. The maximum atomic E-state index is 6.61. The van der Waals surface area contributed by atoms with Crippen LogP contribution in [-0.4, -0.2) is 14.4 Å². The Hall–Kier alpha value is -0.343. The van der Waals surface area contributed by atoms with Crippen molar-refractivity contribution in [3.05, 3.63) is 23.3 Å². The van der Waals surface area contributed by atoms with Gasteiger partial charge >= 0.3 is 0 Å². The van der Waals surface area contributed by atoms with E-state index in [0.717, 1.165) is 23.7 Å². The summed E-state index contributed by atoms with van der Waals surface area (Å²) >= 11 is 0. The van der Waals surface area contributed by atoms with Crippen LogP contribution in [0.3, 0.4) is 0 Å². The monoisotopic (exact) mass is 470 g/mol. The van der Waals surface area contributed by atoms with E-state index in [2.05, 4.69) is 60.8 Å². The molecule has 0 saturated heterocycles. The number of allylic oxidation sites excluding steroid dienone is 3. The van der Waals surface area contributed by atoms with E-state index in [4.69, 9.17) is 4.43 Å². The highest BCUT2D eigenvalue weighted by Crippen LogP contribution is 2.66. The average molecular weight is 471 g/mol. The van der Waals surface area contributed by atoms with Crippen LogP contribution >= 0.6 is 0 Å². The van der Waals surface area contributed by atoms with E-state index in [-0.39, 0.29) is 0 Å². The lowest BCUT2D eigenvalue weighted by molar-refractivity contribution is 0.0208. The molecule has 0 heterocycles. The van der Waals surface area contributed by atoms with Gasteiger partial charge in [0.1, 0.15) is 0 Å². The molecular formula is C31H54OSi. The molecule has 0 aromatic rings. The summed E-state index contributed by atoms with van der Waals surface area (Å²) in [4.78, 5) is 0. The molecule has 188 valence electrons. The van der Waals surface area contributed by atoms with Crippen LogP contribution in [0.25, 0.3) is 0 Å². The topological polar surface area (TPSA) is 9.23 Å². The summed E-state index contributed by atoms with van der Waals surface area (Å²) < 4.78 is 6.61. The normalized spacial score (nSPS) is 39.8. The summed E-state index contributed by atoms with van der Waals surface area (Å²) in [5.74, 6) is 4.10. The smallest absolute Gasteiger partial charge is 0.184 e. The number of hydrogen-bond donors (Lipinski definition) is 0. The Morgan fingerprint density at radius 3 is 2.42 bits per heavy atom. The van der Waals surface area contributed by atoms with Crippen molar-refractivity contribution in [3.63, 3.8) is 0 Å². The molecule has 33 heavy (non-hydrogen) atoms. The third kappa shape index (κ3) is 4.86. The molecule has 4 rings (SSSR count). The van der Waals surface area contributed by atoms with E-state index in [9.17, 15) is 0 Å². The van der Waals surface area contributed by atoms with Crippen LogP contribution in [0.1, 0.15) is 105 Å². The highest BCUT2D eigenvalue weighted by molar-refractivity contribution is 6.69. The van der Waals surface area contributed by atoms with Gasteiger partial charge in [-0.25, -0.2) is 0 Å². The van der Waals surface area contributed by atoms with Crippen molar-refractivity contribution in [2.45, 2.75) is 131 Å². The zero-order valence-corrected chi connectivity index (χ0v) is 24.4. The second-order valence-corrected chi connectivity index (χ2v) is 18.8. The summed E-state index contributed by atoms with van der Waals surface area (Å²) in [6.07, 6.45) is 15.6. The van der Waals surface area contributed by atoms with Gasteiger partial charge in [-0.3, -0.25) is 0 Å². The Morgan fingerprint density at radius 2 is 1.76 bits per heavy atom. The fraction of sp³-hybridized carbons (Fsp3) is 0.871. The summed E-state index contributed by atoms with van der Waals surface area (Å²) in [5, 5.41) is 0. The van der Waals surface area contributed by atoms with Gasteiger partial charge in [-0.15, -0.1) is 0 Å². The minimum atomic E-state index is -1.44. The van der Waals surface area contributed by atoms with Gasteiger partial charge in [0.2, 0.25) is 0 Å². The first kappa shape index (κ1) is 25.7. The molecule has 2 saturated carbocycles. The molecule has 0 spiro atoms. The summed E-state index contributed by atoms with van der Waals surface area (Å²) in [6.45, 7) is 24.0. The van der Waals surface area contributed by atoms with Crippen molar-refractivity contribution in [3.8, 4) is 0 Å². The molecule has 0 N–H and O–H groups in total. The van der Waals surface area contributed by atoms with Crippen molar-refractivity contribution < 1.29 is 4.43 Å². The van der Waals surface area contributed by atoms with Crippen LogP contribution in [0, 0.1) is 40.4 Å². The molecule has 1 nitrogen and oxygen atoms in total. The van der Waals surface area contributed by atoms with Crippen LogP contribution in [-0.2, 0) is 4.43 Å². The molecule has 0 amide bonds. The van der Waals surface area contributed by atoms with Gasteiger partial charge in [0, 0.05) is 6.10 Å². The molecular weight excluding hydrogens is 416 g/mol. The van der Waals surface area contributed by atoms with Crippen molar-refractivity contribution in [2.75, 3.05) is 0 Å². The maximum Gasteiger partial charge on any atom is 0.184 e. The van der Waals surface area contributed by atoms with Gasteiger partial charge in [0.15, 0.2) is 8.32 Å². The van der Waals surface area contributed by atoms with Crippen LogP contribution < -0.4 is 0 Å². The molecule has 0 aromatic heterocycles. The fourth-order valence-corrected chi connectivity index (χ4v) is 10.1. The molecule has 7 atom stereocenters. The van der Waals surface area contributed by atoms with Crippen LogP contribution in [0.15, 0.2) is 23.3 Å². The van der Waals surface area contributed by atoms with Crippen LogP contribution in [0.5, 0.6) is 0 Å². The zero-order valence-electron chi connectivity index (χ0n) is 23.4. The fourth-order valence-electron chi connectivity index (χ4n) is 8.91. The Morgan fingerprint density at radius 1 is 1.03 bits per heavy atom. The predicted molar refractivity (Wildman–Crippen MR) is 146 cm³/mol. The van der Waals surface area contributed by atoms with Crippen molar-refractivity contribution >= 4 is 8.32 Å². The second kappa shape index (κ2) is 9.27. The van der Waals surface area contributed by atoms with Crippen molar-refractivity contribution in [2.24, 2.45) is 40.4 Å². The Bertz CT molecular complexity index is 772. The van der Waals surface area contributed by atoms with Crippen LogP contribution in [0.2, 0.25) is 19.6 Å². The minimum absolute atomic E-state index is 0.465. The molecule has 4 aliphatic rings. The average Bonchev–Trinajstić information content (AvgIpc) is 3.08. The maximum absolute atomic E-state index is 6.61. The summed E-state index contributed by atoms with van der Waals surface area (Å²) in [6, 6.07) is 0. The summed E-state index contributed by atoms with van der Waals surface area (Å²) in [5.41, 5.74) is 6.35. The lowest BCUT2D eigenvalue weighted by Gasteiger charge is -2.55. The molecule has 2 unspecified atom stereocenters. The van der Waals surface area contributed by atoms with E-state index in [1.54, 1.807) is 0 Å². The van der Waals surface area contributed by atoms with Crippen molar-refractivity contribution in [1.82, 2.24) is 0 Å². The number of hydrogen-bond acceptors (Lipinski definition) is 1. The quantitative estimate of drug-likeness (QED) is 0.266. The number of rotatable bonds is 7. The zero-order chi connectivity index (χ0) is 24.2. The van der Waals surface area contributed by atoms with Gasteiger partial charge in [0.25, 0.3) is 0 Å². The third-order valence-corrected chi connectivity index (χ3v) is 12.0. The molecule has 0 aromatic carbocycles. The molecule has 2 heteroatoms. The first-order valence-electron chi connectivity index (χ1n) is 14.4. The predicted octanol–water partition coefficient (Wildman–Crippen LogP) is 9.56. The SMILES string of the molecule is C=C(CC[C@@H](C)[C@H]1CC[C@H]2C3=C(CC[C@]12C)[C@@]1(C)CCC(O[Si](C)(C)C)CC1CC3)C(C)C. The van der Waals surface area contributed by atoms with E-state index in [0.29, 0.717) is 22.9 Å². The third-order valence-electron chi connectivity index (χ3n) is 11.0. The van der Waals surface area contributed by atoms with Gasteiger partial charge in [0.05, 0.1) is 0 Å². The van der Waals surface area contributed by atoms with Gasteiger partial charge < -0.3 is 4.43 Å². The molecule has 0 radical (unpaired) electrons. The summed E-state index contributed by atoms with van der Waals surface area (Å²) in [7, 11) is -1.44. The lowest BCUT2D eigenvalue weighted by Crippen LogP contribution is -2.47. The lowest BCUT2D eigenvalue weighted by atomic mass is 9.50. The minimum Gasteiger partial charge on any atom is -0.415 e. The van der Waals surface area contributed by atoms with Crippen LogP contribution in [0.4, 0.5) is 0 Å². The van der Waals surface area contributed by atoms with Gasteiger partial charge in [-0.2, -0.15) is 0 Å². The highest BCUT2D eigenvalue weighted by Gasteiger charge is 2.56. The van der Waals surface area contributed by atoms with Gasteiger partial charge in [-0.05, 0) is 131 Å². The van der Waals surface area contributed by atoms with Gasteiger partial charge in [-0.1, -0.05) is 57.9 Å². The Labute approximate surface area is 207 Å². The molecule has 0 aliphatic heterocycles. The standard InChI is InChI=1S/C31H54OSi/c1-21(2)22(3)10-11-23(4)27-14-15-28-26-13-12-24-20-25(32-33(7,8)9)16-18-30(24,5)29(26)17-19-31(27,28)6/h21,23-25,27-28H,3,10-20H2,1-2,4-9H3/t23-,24?,25?,27-,28+,30+,31-/m1/s1. The Kier molecular flexibility index (Phi) is 7.23. The van der Waals surface area contributed by atoms with E-state index < -0.39 is 8.32 Å². The molecule has 4 aliphatic carbocycles.